The van der Waals surface area contributed by atoms with Gasteiger partial charge in [0.05, 0.1) is 0 Å². The van der Waals surface area contributed by atoms with E-state index in [1.165, 1.54) is 0 Å². The van der Waals surface area contributed by atoms with Crippen molar-refractivity contribution in [1.29, 1.82) is 0 Å². The molecule has 2 unspecified atom stereocenters. The maximum Gasteiger partial charge on any atom is 0.406 e. The molecule has 1 aromatic rings. The van der Waals surface area contributed by atoms with Gasteiger partial charge < -0.3 is 20.7 Å². The number of nitrogens with zero attached hydrogens (tertiary/aromatic N) is 4. The fourth-order valence-electron chi connectivity index (χ4n) is 2.93. The third-order valence-electron chi connectivity index (χ3n) is 3.87. The van der Waals surface area contributed by atoms with E-state index in [2.05, 4.69) is 16.8 Å². The second-order valence-corrected chi connectivity index (χ2v) is 5.15. The molecule has 2 heterocycles. The van der Waals surface area contributed by atoms with Crippen molar-refractivity contribution in [3.05, 3.63) is 15.9 Å². The average molecular weight is 267 g/mol. The normalized spacial score (nSPS) is 23.1. The van der Waals surface area contributed by atoms with Crippen molar-refractivity contribution in [3.63, 3.8) is 0 Å². The van der Waals surface area contributed by atoms with Gasteiger partial charge in [0.15, 0.2) is 0 Å². The molecule has 1 aromatic heterocycles. The lowest BCUT2D eigenvalue weighted by Crippen LogP contribution is -2.30. The summed E-state index contributed by atoms with van der Waals surface area (Å²) in [5, 5.41) is 11.2. The van der Waals surface area contributed by atoms with Gasteiger partial charge >= 0.3 is 5.82 Å². The minimum absolute atomic E-state index is 0.0381. The van der Waals surface area contributed by atoms with Crippen molar-refractivity contribution in [2.24, 2.45) is 11.7 Å². The highest BCUT2D eigenvalue weighted by Crippen LogP contribution is 2.35. The molecule has 0 aliphatic carbocycles. The Labute approximate surface area is 112 Å². The summed E-state index contributed by atoms with van der Waals surface area (Å²) in [5.74, 6) is 1.68. The van der Waals surface area contributed by atoms with E-state index < -0.39 is 4.92 Å². The maximum absolute atomic E-state index is 11.2. The predicted molar refractivity (Wildman–Crippen MR) is 73.3 cm³/mol. The Morgan fingerprint density at radius 3 is 2.74 bits per heavy atom. The number of imidazole rings is 1. The third-order valence-corrected chi connectivity index (χ3v) is 3.87. The molecule has 2 N–H and O–H groups in total. The van der Waals surface area contributed by atoms with Crippen molar-refractivity contribution in [3.8, 4) is 0 Å². The molecule has 2 atom stereocenters. The second kappa shape index (κ2) is 5.16. The molecule has 0 radical (unpaired) electrons. The highest BCUT2D eigenvalue weighted by atomic mass is 16.6. The summed E-state index contributed by atoms with van der Waals surface area (Å²) in [6.45, 7) is 7.93. The monoisotopic (exact) mass is 267 g/mol. The zero-order valence-corrected chi connectivity index (χ0v) is 11.7. The number of hydrogen-bond acceptors (Lipinski definition) is 5. The molecule has 0 aromatic carbocycles. The first-order valence-electron chi connectivity index (χ1n) is 6.67. The van der Waals surface area contributed by atoms with Crippen LogP contribution in [0.3, 0.4) is 0 Å². The van der Waals surface area contributed by atoms with E-state index in [0.29, 0.717) is 30.6 Å². The molecule has 7 nitrogen and oxygen atoms in total. The number of rotatable bonds is 4. The van der Waals surface area contributed by atoms with Gasteiger partial charge in [0.1, 0.15) is 0 Å². The lowest BCUT2D eigenvalue weighted by atomic mass is 10.1. The molecule has 2 rings (SSSR count). The molecule has 0 saturated carbocycles. The summed E-state index contributed by atoms with van der Waals surface area (Å²) in [5.41, 5.74) is 5.73. The Morgan fingerprint density at radius 2 is 2.26 bits per heavy atom. The molecule has 7 heteroatoms. The van der Waals surface area contributed by atoms with E-state index >= 15 is 0 Å². The van der Waals surface area contributed by atoms with Gasteiger partial charge in [-0.05, 0) is 42.6 Å². The van der Waals surface area contributed by atoms with Crippen LogP contribution in [-0.2, 0) is 6.54 Å². The second-order valence-electron chi connectivity index (χ2n) is 5.15. The van der Waals surface area contributed by atoms with Crippen LogP contribution in [0.4, 0.5) is 11.6 Å². The van der Waals surface area contributed by atoms with E-state index in [1.807, 2.05) is 11.5 Å². The lowest BCUT2D eigenvalue weighted by molar-refractivity contribution is -0.388. The summed E-state index contributed by atoms with van der Waals surface area (Å²) >= 11 is 0. The summed E-state index contributed by atoms with van der Waals surface area (Å²) in [6, 6.07) is 0.258. The molecule has 0 bridgehead atoms. The first kappa shape index (κ1) is 13.8. The van der Waals surface area contributed by atoms with Crippen molar-refractivity contribution in [1.82, 2.24) is 9.55 Å². The SMILES string of the molecule is CCn1c(C)nc([N+](=O)[O-])c1N1CC(CN)CC1C. The Kier molecular flexibility index (Phi) is 3.75. The van der Waals surface area contributed by atoms with Gasteiger partial charge in [-0.2, -0.15) is 0 Å². The topological polar surface area (TPSA) is 90.2 Å². The van der Waals surface area contributed by atoms with Gasteiger partial charge in [-0.25, -0.2) is 0 Å². The number of aryl methyl sites for hydroxylation is 1. The largest absolute Gasteiger partial charge is 0.406 e. The van der Waals surface area contributed by atoms with Gasteiger partial charge in [0, 0.05) is 26.1 Å². The van der Waals surface area contributed by atoms with Crippen LogP contribution in [0.5, 0.6) is 0 Å². The first-order valence-corrected chi connectivity index (χ1v) is 6.67. The summed E-state index contributed by atoms with van der Waals surface area (Å²) in [7, 11) is 0. The summed E-state index contributed by atoms with van der Waals surface area (Å²) < 4.78 is 1.91. The van der Waals surface area contributed by atoms with Crippen LogP contribution in [0.15, 0.2) is 0 Å². The van der Waals surface area contributed by atoms with Gasteiger partial charge in [-0.1, -0.05) is 0 Å². The van der Waals surface area contributed by atoms with Crippen molar-refractivity contribution >= 4 is 11.6 Å². The van der Waals surface area contributed by atoms with Gasteiger partial charge in [-0.15, -0.1) is 0 Å². The standard InChI is InChI=1S/C12H21N5O2/c1-4-15-9(3)14-11(17(18)19)12(15)16-7-10(6-13)5-8(16)2/h8,10H,4-7,13H2,1-3H3. The van der Waals surface area contributed by atoms with Crippen LogP contribution in [-0.4, -0.2) is 33.6 Å². The molecule has 106 valence electrons. The Hall–Kier alpha value is -1.63. The maximum atomic E-state index is 11.2. The molecule has 0 spiro atoms. The fourth-order valence-corrected chi connectivity index (χ4v) is 2.93. The van der Waals surface area contributed by atoms with Gasteiger partial charge in [0.2, 0.25) is 11.6 Å². The van der Waals surface area contributed by atoms with Crippen LogP contribution >= 0.6 is 0 Å². The van der Waals surface area contributed by atoms with Crippen LogP contribution in [0.25, 0.3) is 0 Å². The van der Waals surface area contributed by atoms with Crippen LogP contribution in [0, 0.1) is 23.0 Å². The highest BCUT2D eigenvalue weighted by molar-refractivity contribution is 5.57. The van der Waals surface area contributed by atoms with Crippen molar-refractivity contribution in [2.75, 3.05) is 18.0 Å². The highest BCUT2D eigenvalue weighted by Gasteiger charge is 2.36. The Balaban J connectivity index is 2.45. The summed E-state index contributed by atoms with van der Waals surface area (Å²) in [4.78, 5) is 17.0. The smallest absolute Gasteiger partial charge is 0.358 e. The number of hydrogen-bond donors (Lipinski definition) is 1. The zero-order chi connectivity index (χ0) is 14.2. The van der Waals surface area contributed by atoms with E-state index in [1.54, 1.807) is 6.92 Å². The summed E-state index contributed by atoms with van der Waals surface area (Å²) in [6.07, 6.45) is 0.974. The van der Waals surface area contributed by atoms with Crippen molar-refractivity contribution in [2.45, 2.75) is 39.8 Å². The molecular weight excluding hydrogens is 246 g/mol. The first-order chi connectivity index (χ1) is 8.99. The van der Waals surface area contributed by atoms with Crippen LogP contribution in [0.1, 0.15) is 26.1 Å². The molecular formula is C12H21N5O2. The van der Waals surface area contributed by atoms with Gasteiger partial charge in [-0.3, -0.25) is 4.57 Å². The van der Waals surface area contributed by atoms with Gasteiger partial charge in [0.25, 0.3) is 0 Å². The Morgan fingerprint density at radius 1 is 1.58 bits per heavy atom. The number of aromatic nitrogens is 2. The molecule has 1 fully saturated rings. The average Bonchev–Trinajstić information content (AvgIpc) is 2.89. The van der Waals surface area contributed by atoms with E-state index in [-0.39, 0.29) is 11.9 Å². The van der Waals surface area contributed by atoms with Crippen LogP contribution in [0.2, 0.25) is 0 Å². The molecule has 19 heavy (non-hydrogen) atoms. The van der Waals surface area contributed by atoms with E-state index in [4.69, 9.17) is 5.73 Å². The predicted octanol–water partition coefficient (Wildman–Crippen LogP) is 1.29. The Bertz CT molecular complexity index is 485. The molecule has 0 amide bonds. The molecule has 1 aliphatic rings. The minimum atomic E-state index is -0.392. The fraction of sp³-hybridized carbons (Fsp3) is 0.750. The number of nitro groups is 1. The van der Waals surface area contributed by atoms with E-state index in [0.717, 1.165) is 13.0 Å². The quantitative estimate of drug-likeness (QED) is 0.655. The zero-order valence-electron chi connectivity index (χ0n) is 11.7. The molecule has 1 aliphatic heterocycles. The lowest BCUT2D eigenvalue weighted by Gasteiger charge is -2.23. The third kappa shape index (κ3) is 2.30. The minimum Gasteiger partial charge on any atom is -0.358 e. The number of anilines is 1. The van der Waals surface area contributed by atoms with E-state index in [9.17, 15) is 10.1 Å². The molecule has 1 saturated heterocycles. The van der Waals surface area contributed by atoms with Crippen molar-refractivity contribution < 1.29 is 4.92 Å². The van der Waals surface area contributed by atoms with Crippen LogP contribution < -0.4 is 10.6 Å². The number of nitrogens with two attached hydrogens (primary N) is 1.